The predicted octanol–water partition coefficient (Wildman–Crippen LogP) is 4.76. The van der Waals surface area contributed by atoms with Gasteiger partial charge in [-0.05, 0) is 13.1 Å². The maximum absolute atomic E-state index is 7.29. The first-order valence-corrected chi connectivity index (χ1v) is 18.8. The van der Waals surface area contributed by atoms with E-state index in [0.717, 1.165) is 13.1 Å². The van der Waals surface area contributed by atoms with Gasteiger partial charge in [-0.25, -0.2) is 0 Å². The van der Waals surface area contributed by atoms with Crippen LogP contribution >= 0.6 is 29.9 Å². The first-order chi connectivity index (χ1) is 8.42. The van der Waals surface area contributed by atoms with Crippen LogP contribution in [-0.4, -0.2) is 50.0 Å². The topological polar surface area (TPSA) is 9.72 Å². The van der Waals surface area contributed by atoms with Crippen molar-refractivity contribution in [3.8, 4) is 0 Å². The fraction of sp³-hybridized carbons (Fsp3) is 1.00. The zero-order valence-corrected chi connectivity index (χ0v) is 18.9. The van der Waals surface area contributed by atoms with Gasteiger partial charge in [-0.15, -0.1) is 11.1 Å². The molecule has 0 bridgehead atoms. The summed E-state index contributed by atoms with van der Waals surface area (Å²) in [5.41, 5.74) is 0. The van der Waals surface area contributed by atoms with Gasteiger partial charge in [-0.1, -0.05) is 64.4 Å². The highest BCUT2D eigenvalue weighted by Gasteiger charge is 2.70. The average Bonchev–Trinajstić information content (AvgIpc) is 2.13. The average molecular weight is 376 g/mol. The van der Waals surface area contributed by atoms with E-state index in [1.54, 1.807) is 0 Å². The van der Waals surface area contributed by atoms with Gasteiger partial charge in [0.25, 0.3) is 0 Å². The van der Waals surface area contributed by atoms with E-state index in [1.807, 2.05) is 0 Å². The van der Waals surface area contributed by atoms with Crippen molar-refractivity contribution < 1.29 is 0 Å². The molecule has 0 amide bonds. The molecule has 0 aromatic rings. The number of rotatable bonds is 5. The number of hydrogen-bond acceptors (Lipinski definition) is 3. The van der Waals surface area contributed by atoms with Crippen molar-refractivity contribution in [3.63, 3.8) is 0 Å². The fourth-order valence-corrected chi connectivity index (χ4v) is 34.9. The SMILES string of the molecule is CCN(CC)[Si]1(Cl)N([Si](C)(C)C)P(Cl)N1[Si](C)(C)C. The maximum Gasteiger partial charge on any atom is 0.390 e. The minimum atomic E-state index is -2.23. The fourth-order valence-electron chi connectivity index (χ4n) is 2.59. The maximum atomic E-state index is 7.29. The highest BCUT2D eigenvalue weighted by atomic mass is 35.7. The van der Waals surface area contributed by atoms with Crippen LogP contribution in [0.15, 0.2) is 0 Å². The zero-order valence-electron chi connectivity index (χ0n) is 13.5. The molecule has 1 rings (SSSR count). The molecule has 114 valence electrons. The first-order valence-electron chi connectivity index (χ1n) is 6.92. The molecule has 1 aliphatic rings. The zero-order chi connectivity index (χ0) is 15.2. The van der Waals surface area contributed by atoms with E-state index in [-0.39, 0.29) is 0 Å². The van der Waals surface area contributed by atoms with Crippen LogP contribution in [0.25, 0.3) is 0 Å². The van der Waals surface area contributed by atoms with Gasteiger partial charge in [0.2, 0.25) is 0 Å². The van der Waals surface area contributed by atoms with Crippen LogP contribution < -0.4 is 0 Å². The lowest BCUT2D eigenvalue weighted by atomic mass is 10.7. The smallest absolute Gasteiger partial charge is 0.288 e. The summed E-state index contributed by atoms with van der Waals surface area (Å²) in [4.78, 5) is 0. The van der Waals surface area contributed by atoms with Crippen molar-refractivity contribution in [2.24, 2.45) is 0 Å². The molecule has 1 aliphatic heterocycles. The summed E-state index contributed by atoms with van der Waals surface area (Å²) in [5.74, 6) is 0. The standard InChI is InChI=1S/C10H28Cl2N3PSi3/c1-9-13(10-2)19(12)14(17(3,4)5)16(11)15(19)18(6,7)8/h9-10H2,1-8H3. The van der Waals surface area contributed by atoms with Crippen molar-refractivity contribution in [1.29, 1.82) is 0 Å². The Morgan fingerprint density at radius 1 is 0.947 bits per heavy atom. The molecule has 1 heterocycles. The highest BCUT2D eigenvalue weighted by Crippen LogP contribution is 2.69. The molecule has 0 atom stereocenters. The van der Waals surface area contributed by atoms with Crippen LogP contribution in [0.4, 0.5) is 0 Å². The molecule has 3 nitrogen and oxygen atoms in total. The summed E-state index contributed by atoms with van der Waals surface area (Å²) < 4.78 is 7.60. The van der Waals surface area contributed by atoms with Crippen LogP contribution in [-0.2, 0) is 0 Å². The highest BCUT2D eigenvalue weighted by molar-refractivity contribution is 7.90. The minimum absolute atomic E-state index is 0.702. The Kier molecular flexibility index (Phi) is 5.84. The molecule has 0 radical (unpaired) electrons. The number of nitrogens with zero attached hydrogens (tertiary/aromatic N) is 3. The van der Waals surface area contributed by atoms with Crippen molar-refractivity contribution >= 4 is 54.2 Å². The first kappa shape index (κ1) is 18.6. The summed E-state index contributed by atoms with van der Waals surface area (Å²) in [6.45, 7) is 20.6. The van der Waals surface area contributed by atoms with Crippen molar-refractivity contribution in [2.45, 2.75) is 53.1 Å². The molecule has 0 aliphatic carbocycles. The molecule has 0 saturated carbocycles. The van der Waals surface area contributed by atoms with Gasteiger partial charge in [0.05, 0.1) is 0 Å². The molecule has 0 spiro atoms. The lowest BCUT2D eigenvalue weighted by Gasteiger charge is -2.68. The van der Waals surface area contributed by atoms with Gasteiger partial charge in [0.15, 0.2) is 0 Å². The minimum Gasteiger partial charge on any atom is -0.288 e. The van der Waals surface area contributed by atoms with Crippen LogP contribution in [0.2, 0.25) is 39.3 Å². The van der Waals surface area contributed by atoms with E-state index < -0.39 is 31.9 Å². The molecular formula is C10H28Cl2N3PSi3. The summed E-state index contributed by atoms with van der Waals surface area (Å²) in [5, 5.41) is 0. The van der Waals surface area contributed by atoms with Gasteiger partial charge in [0.1, 0.15) is 24.0 Å². The van der Waals surface area contributed by atoms with Gasteiger partial charge >= 0.3 is 7.87 Å². The second-order valence-corrected chi connectivity index (χ2v) is 25.3. The van der Waals surface area contributed by atoms with E-state index in [1.165, 1.54) is 0 Å². The van der Waals surface area contributed by atoms with Crippen LogP contribution in [0.1, 0.15) is 13.8 Å². The van der Waals surface area contributed by atoms with Crippen LogP contribution in [0, 0.1) is 0 Å². The van der Waals surface area contributed by atoms with Gasteiger partial charge in [-0.3, -0.25) is 12.6 Å². The van der Waals surface area contributed by atoms with Crippen LogP contribution in [0.5, 0.6) is 0 Å². The molecule has 0 aromatic carbocycles. The second kappa shape index (κ2) is 5.97. The number of hydrogen-bond donors (Lipinski definition) is 0. The van der Waals surface area contributed by atoms with Gasteiger partial charge in [0, 0.05) is 0 Å². The Morgan fingerprint density at radius 2 is 1.26 bits per heavy atom. The monoisotopic (exact) mass is 375 g/mol. The lowest BCUT2D eigenvalue weighted by Crippen LogP contribution is -2.84. The van der Waals surface area contributed by atoms with E-state index in [0.29, 0.717) is 0 Å². The Labute approximate surface area is 133 Å². The van der Waals surface area contributed by atoms with E-state index >= 15 is 0 Å². The Balaban J connectivity index is 3.24. The molecule has 9 heteroatoms. The Hall–Kier alpha value is 1.54. The summed E-state index contributed by atoms with van der Waals surface area (Å²) in [6.07, 6.45) is 0. The third kappa shape index (κ3) is 3.17. The lowest BCUT2D eigenvalue weighted by molar-refractivity contribution is 0.414. The summed E-state index contributed by atoms with van der Waals surface area (Å²) >= 11 is 14.1. The number of halogens is 2. The summed E-state index contributed by atoms with van der Waals surface area (Å²) in [7, 11) is -5.91. The van der Waals surface area contributed by atoms with Crippen LogP contribution in [0.3, 0.4) is 0 Å². The van der Waals surface area contributed by atoms with Gasteiger partial charge in [-0.2, -0.15) is 0 Å². The molecule has 0 unspecified atom stereocenters. The molecule has 1 fully saturated rings. The molecule has 0 N–H and O–H groups in total. The molecule has 1 saturated heterocycles. The van der Waals surface area contributed by atoms with Crippen molar-refractivity contribution in [2.75, 3.05) is 13.1 Å². The molecule has 19 heavy (non-hydrogen) atoms. The van der Waals surface area contributed by atoms with E-state index in [9.17, 15) is 0 Å². The van der Waals surface area contributed by atoms with E-state index in [4.69, 9.17) is 22.3 Å². The predicted molar refractivity (Wildman–Crippen MR) is 97.7 cm³/mol. The largest absolute Gasteiger partial charge is 0.390 e. The quantitative estimate of drug-likeness (QED) is 0.389. The molecule has 0 aromatic heterocycles. The Morgan fingerprint density at radius 3 is 1.47 bits per heavy atom. The third-order valence-electron chi connectivity index (χ3n) is 3.31. The molecular weight excluding hydrogens is 348 g/mol. The van der Waals surface area contributed by atoms with E-state index in [2.05, 4.69) is 65.7 Å². The normalized spacial score (nSPS) is 30.8. The third-order valence-corrected chi connectivity index (χ3v) is 28.2. The second-order valence-electron chi connectivity index (χ2n) is 6.93. The van der Waals surface area contributed by atoms with Gasteiger partial charge < -0.3 is 0 Å². The van der Waals surface area contributed by atoms with Crippen molar-refractivity contribution in [3.05, 3.63) is 0 Å². The Bertz CT molecular complexity index is 309. The van der Waals surface area contributed by atoms with Crippen molar-refractivity contribution in [1.82, 2.24) is 12.6 Å². The summed E-state index contributed by atoms with van der Waals surface area (Å²) in [6, 6.07) is 0.